The van der Waals surface area contributed by atoms with Crippen molar-refractivity contribution < 1.29 is 13.9 Å². The van der Waals surface area contributed by atoms with Crippen LogP contribution >= 0.6 is 0 Å². The molecule has 0 saturated carbocycles. The molecule has 21 heavy (non-hydrogen) atoms. The van der Waals surface area contributed by atoms with E-state index >= 15 is 0 Å². The number of amides is 1. The maximum atomic E-state index is 13.9. The van der Waals surface area contributed by atoms with Gasteiger partial charge in [-0.25, -0.2) is 19.6 Å². The SMILES string of the molecule is CC(C)(C)OC(=O)NNc1cnc(-n2nccn2)c(F)c1. The summed E-state index contributed by atoms with van der Waals surface area (Å²) in [7, 11) is 0. The highest BCUT2D eigenvalue weighted by molar-refractivity contribution is 5.69. The summed E-state index contributed by atoms with van der Waals surface area (Å²) in [5, 5.41) is 7.57. The lowest BCUT2D eigenvalue weighted by Crippen LogP contribution is -2.35. The van der Waals surface area contributed by atoms with Crippen molar-refractivity contribution >= 4 is 11.8 Å². The molecule has 2 aromatic rings. The summed E-state index contributed by atoms with van der Waals surface area (Å²) in [5.41, 5.74) is 4.42. The Morgan fingerprint density at radius 2 is 2.00 bits per heavy atom. The van der Waals surface area contributed by atoms with E-state index in [1.165, 1.54) is 18.6 Å². The molecule has 0 spiro atoms. The van der Waals surface area contributed by atoms with E-state index in [4.69, 9.17) is 4.74 Å². The van der Waals surface area contributed by atoms with Crippen molar-refractivity contribution in [2.75, 3.05) is 5.43 Å². The Balaban J connectivity index is 2.00. The summed E-state index contributed by atoms with van der Waals surface area (Å²) in [6, 6.07) is 1.16. The fourth-order valence-electron chi connectivity index (χ4n) is 1.40. The molecule has 9 heteroatoms. The maximum absolute atomic E-state index is 13.9. The average Bonchev–Trinajstić information content (AvgIpc) is 2.88. The van der Waals surface area contributed by atoms with Gasteiger partial charge in [0.05, 0.1) is 24.3 Å². The van der Waals surface area contributed by atoms with E-state index in [-0.39, 0.29) is 11.5 Å². The second-order valence-electron chi connectivity index (χ2n) is 5.10. The lowest BCUT2D eigenvalue weighted by atomic mass is 10.2. The molecule has 2 rings (SSSR count). The molecule has 0 aromatic carbocycles. The average molecular weight is 294 g/mol. The minimum atomic E-state index is -0.680. The molecule has 8 nitrogen and oxygen atoms in total. The number of pyridine rings is 1. The summed E-state index contributed by atoms with van der Waals surface area (Å²) in [4.78, 5) is 16.4. The molecule has 0 aliphatic heterocycles. The zero-order valence-electron chi connectivity index (χ0n) is 11.8. The minimum absolute atomic E-state index is 0.0391. The Bertz CT molecular complexity index is 623. The number of nitrogens with one attached hydrogen (secondary N) is 2. The highest BCUT2D eigenvalue weighted by atomic mass is 19.1. The van der Waals surface area contributed by atoms with E-state index in [0.717, 1.165) is 10.9 Å². The van der Waals surface area contributed by atoms with E-state index in [1.807, 2.05) is 0 Å². The zero-order valence-corrected chi connectivity index (χ0v) is 11.8. The summed E-state index contributed by atoms with van der Waals surface area (Å²) in [5.74, 6) is -0.676. The lowest BCUT2D eigenvalue weighted by molar-refractivity contribution is 0.0541. The van der Waals surface area contributed by atoms with Gasteiger partial charge >= 0.3 is 6.09 Å². The molecule has 0 radical (unpaired) electrons. The predicted molar refractivity (Wildman–Crippen MR) is 72.1 cm³/mol. The number of halogens is 1. The molecule has 1 amide bonds. The van der Waals surface area contributed by atoms with Gasteiger partial charge in [0, 0.05) is 6.07 Å². The monoisotopic (exact) mass is 294 g/mol. The van der Waals surface area contributed by atoms with Crippen molar-refractivity contribution in [2.24, 2.45) is 0 Å². The van der Waals surface area contributed by atoms with Crippen LogP contribution in [-0.2, 0) is 4.74 Å². The van der Waals surface area contributed by atoms with Gasteiger partial charge < -0.3 is 4.74 Å². The van der Waals surface area contributed by atoms with Crippen LogP contribution in [0.1, 0.15) is 20.8 Å². The van der Waals surface area contributed by atoms with Gasteiger partial charge in [-0.2, -0.15) is 10.2 Å². The van der Waals surface area contributed by atoms with Crippen LogP contribution in [0.15, 0.2) is 24.7 Å². The number of rotatable bonds is 3. The number of anilines is 1. The smallest absolute Gasteiger partial charge is 0.426 e. The third-order valence-electron chi connectivity index (χ3n) is 2.14. The van der Waals surface area contributed by atoms with Crippen LogP contribution in [0.2, 0.25) is 0 Å². The van der Waals surface area contributed by atoms with Gasteiger partial charge in [-0.05, 0) is 20.8 Å². The number of hydrogen-bond donors (Lipinski definition) is 2. The van der Waals surface area contributed by atoms with Crippen LogP contribution in [0.3, 0.4) is 0 Å². The van der Waals surface area contributed by atoms with Gasteiger partial charge in [0.2, 0.25) is 5.82 Å². The second kappa shape index (κ2) is 5.73. The van der Waals surface area contributed by atoms with Crippen molar-refractivity contribution in [3.05, 3.63) is 30.5 Å². The molecular formula is C12H15FN6O2. The van der Waals surface area contributed by atoms with Crippen molar-refractivity contribution in [3.63, 3.8) is 0 Å². The first kappa shape index (κ1) is 14.7. The molecule has 112 valence electrons. The Morgan fingerprint density at radius 1 is 1.33 bits per heavy atom. The van der Waals surface area contributed by atoms with Gasteiger partial charge in [-0.3, -0.25) is 5.43 Å². The highest BCUT2D eigenvalue weighted by Gasteiger charge is 2.16. The van der Waals surface area contributed by atoms with Crippen LogP contribution in [0.5, 0.6) is 0 Å². The number of hydrogen-bond acceptors (Lipinski definition) is 6. The Labute approximate surface area is 120 Å². The van der Waals surface area contributed by atoms with Crippen LogP contribution in [0.4, 0.5) is 14.9 Å². The number of carbonyl (C=O) groups excluding carboxylic acids is 1. The standard InChI is InChI=1S/C12H15FN6O2/c1-12(2,3)21-11(20)18-17-8-6-9(13)10(14-7-8)19-15-4-5-16-19/h4-7,17H,1-3H3,(H,18,20). The van der Waals surface area contributed by atoms with Gasteiger partial charge in [-0.15, -0.1) is 4.80 Å². The number of hydrazine groups is 1. The molecule has 0 bridgehead atoms. The fraction of sp³-hybridized carbons (Fsp3) is 0.333. The molecule has 0 fully saturated rings. The molecule has 2 aromatic heterocycles. The van der Waals surface area contributed by atoms with Crippen molar-refractivity contribution in [1.82, 2.24) is 25.4 Å². The molecule has 2 N–H and O–H groups in total. The first-order chi connectivity index (χ1) is 9.85. The first-order valence-electron chi connectivity index (χ1n) is 6.12. The van der Waals surface area contributed by atoms with E-state index < -0.39 is 17.5 Å². The number of nitrogens with zero attached hydrogens (tertiary/aromatic N) is 4. The van der Waals surface area contributed by atoms with Crippen molar-refractivity contribution in [2.45, 2.75) is 26.4 Å². The molecule has 0 saturated heterocycles. The molecule has 0 aliphatic rings. The molecule has 0 aliphatic carbocycles. The van der Waals surface area contributed by atoms with Gasteiger partial charge in [0.1, 0.15) is 5.60 Å². The second-order valence-corrected chi connectivity index (χ2v) is 5.10. The molecule has 0 atom stereocenters. The van der Waals surface area contributed by atoms with Crippen LogP contribution < -0.4 is 10.9 Å². The molecular weight excluding hydrogens is 279 g/mol. The van der Waals surface area contributed by atoms with Gasteiger partial charge in [0.25, 0.3) is 0 Å². The number of ether oxygens (including phenoxy) is 1. The predicted octanol–water partition coefficient (Wildman–Crippen LogP) is 1.65. The number of carbonyl (C=O) groups is 1. The molecule has 2 heterocycles. The van der Waals surface area contributed by atoms with Crippen molar-refractivity contribution in [3.8, 4) is 5.82 Å². The Kier molecular flexibility index (Phi) is 4.01. The lowest BCUT2D eigenvalue weighted by Gasteiger charge is -2.20. The molecule has 0 unspecified atom stereocenters. The fourth-order valence-corrected chi connectivity index (χ4v) is 1.40. The Morgan fingerprint density at radius 3 is 2.57 bits per heavy atom. The third-order valence-corrected chi connectivity index (χ3v) is 2.14. The van der Waals surface area contributed by atoms with E-state index in [2.05, 4.69) is 26.0 Å². The van der Waals surface area contributed by atoms with Crippen LogP contribution in [-0.4, -0.2) is 31.7 Å². The van der Waals surface area contributed by atoms with Gasteiger partial charge in [0.15, 0.2) is 5.82 Å². The largest absolute Gasteiger partial charge is 0.443 e. The minimum Gasteiger partial charge on any atom is -0.443 e. The first-order valence-corrected chi connectivity index (χ1v) is 6.12. The summed E-state index contributed by atoms with van der Waals surface area (Å²) >= 11 is 0. The van der Waals surface area contributed by atoms with Crippen molar-refractivity contribution in [1.29, 1.82) is 0 Å². The quantitative estimate of drug-likeness (QED) is 0.836. The normalized spacial score (nSPS) is 11.0. The highest BCUT2D eigenvalue weighted by Crippen LogP contribution is 2.13. The van der Waals surface area contributed by atoms with E-state index in [1.54, 1.807) is 20.8 Å². The number of aromatic nitrogens is 4. The van der Waals surface area contributed by atoms with E-state index in [0.29, 0.717) is 0 Å². The van der Waals surface area contributed by atoms with Crippen LogP contribution in [0.25, 0.3) is 5.82 Å². The third kappa shape index (κ3) is 4.13. The summed E-state index contributed by atoms with van der Waals surface area (Å²) < 4.78 is 18.9. The van der Waals surface area contributed by atoms with Crippen LogP contribution in [0, 0.1) is 5.82 Å². The summed E-state index contributed by atoms with van der Waals surface area (Å²) in [6.45, 7) is 5.21. The Hall–Kier alpha value is -2.71. The summed E-state index contributed by atoms with van der Waals surface area (Å²) in [6.07, 6.45) is 3.48. The van der Waals surface area contributed by atoms with E-state index in [9.17, 15) is 9.18 Å². The van der Waals surface area contributed by atoms with Gasteiger partial charge in [-0.1, -0.05) is 0 Å². The topological polar surface area (TPSA) is 94.0 Å². The maximum Gasteiger partial charge on any atom is 0.426 e. The zero-order chi connectivity index (χ0) is 15.5.